The Kier molecular flexibility index (Phi) is 4.51. The third kappa shape index (κ3) is 2.96. The van der Waals surface area contributed by atoms with E-state index in [9.17, 15) is 0 Å². The largest absolute Gasteiger partial charge is 0.308 e. The molecule has 2 aliphatic rings. The second-order valence-electron chi connectivity index (χ2n) is 11.6. The van der Waals surface area contributed by atoms with E-state index >= 15 is 0 Å². The van der Waals surface area contributed by atoms with Crippen LogP contribution in [0.1, 0.15) is 27.8 Å². The molecule has 0 N–H and O–H groups in total. The highest BCUT2D eigenvalue weighted by molar-refractivity contribution is 6.38. The number of fused-ring (bicyclic) bond motifs is 12. The average Bonchev–Trinajstić information content (AvgIpc) is 3.71. The summed E-state index contributed by atoms with van der Waals surface area (Å²) in [7, 11) is 0. The van der Waals surface area contributed by atoms with E-state index in [-0.39, 0.29) is 0 Å². The van der Waals surface area contributed by atoms with Crippen molar-refractivity contribution < 1.29 is 0 Å². The Labute approximate surface area is 249 Å². The quantitative estimate of drug-likeness (QED) is 0.204. The molecule has 0 saturated carbocycles. The summed E-state index contributed by atoms with van der Waals surface area (Å²) in [6.45, 7) is 0. The van der Waals surface area contributed by atoms with Gasteiger partial charge in [-0.05, 0) is 61.5 Å². The zero-order valence-electron chi connectivity index (χ0n) is 23.4. The summed E-state index contributed by atoms with van der Waals surface area (Å²) in [5.41, 5.74) is 14.3. The smallest absolute Gasteiger partial charge is 0.0632 e. The van der Waals surface area contributed by atoms with E-state index in [1.165, 1.54) is 93.6 Å². The van der Waals surface area contributed by atoms with Crippen LogP contribution < -0.4 is 0 Å². The van der Waals surface area contributed by atoms with Gasteiger partial charge in [0.05, 0.1) is 16.7 Å². The second kappa shape index (κ2) is 8.44. The lowest BCUT2D eigenvalue weighted by Gasteiger charge is -2.17. The molecule has 10 rings (SSSR count). The number of allylic oxidation sites excluding steroid dienone is 2. The van der Waals surface area contributed by atoms with Gasteiger partial charge in [-0.25, -0.2) is 0 Å². The maximum absolute atomic E-state index is 2.55. The molecular weight excluding hydrogens is 518 g/mol. The fourth-order valence-electron chi connectivity index (χ4n) is 7.79. The number of aromatic nitrogens is 1. The molecule has 0 radical (unpaired) electrons. The van der Waals surface area contributed by atoms with Gasteiger partial charge >= 0.3 is 0 Å². The molecule has 8 aromatic rings. The lowest BCUT2D eigenvalue weighted by molar-refractivity contribution is 1.23. The standard InChI is InChI=1S/C42H25N/c1-2-14-28(15-3-1)37-38-29-16-6-4-12-26(29)22-24-33(38)41-40(37)34-25-23-27-13-5-7-17-30(27)39(34)42(41)43-35-20-10-8-18-31(35)32-19-9-11-21-36(32)43/h1-25H. The van der Waals surface area contributed by atoms with E-state index < -0.39 is 0 Å². The Balaban J connectivity index is 1.49. The number of nitrogens with zero attached hydrogens (tertiary/aromatic N) is 1. The maximum Gasteiger partial charge on any atom is 0.0632 e. The van der Waals surface area contributed by atoms with Crippen molar-refractivity contribution in [2.45, 2.75) is 0 Å². The lowest BCUT2D eigenvalue weighted by Crippen LogP contribution is -2.01. The van der Waals surface area contributed by atoms with Gasteiger partial charge in [-0.1, -0.05) is 140 Å². The van der Waals surface area contributed by atoms with Gasteiger partial charge in [0.25, 0.3) is 0 Å². The first-order valence-electron chi connectivity index (χ1n) is 15.0. The Morgan fingerprint density at radius 1 is 0.326 bits per heavy atom. The molecule has 0 aliphatic heterocycles. The molecule has 43 heavy (non-hydrogen) atoms. The Hall–Kier alpha value is -5.66. The van der Waals surface area contributed by atoms with Crippen LogP contribution in [-0.2, 0) is 0 Å². The highest BCUT2D eigenvalue weighted by atomic mass is 15.0. The molecule has 1 nitrogen and oxygen atoms in total. The third-order valence-corrected chi connectivity index (χ3v) is 9.49. The van der Waals surface area contributed by atoms with Gasteiger partial charge in [0, 0.05) is 27.5 Å². The first-order valence-corrected chi connectivity index (χ1v) is 15.0. The molecule has 1 aromatic heterocycles. The summed E-state index contributed by atoms with van der Waals surface area (Å²) in [5, 5.41) is 7.70. The Morgan fingerprint density at radius 2 is 0.814 bits per heavy atom. The van der Waals surface area contributed by atoms with Gasteiger partial charge in [-0.15, -0.1) is 0 Å². The molecule has 0 amide bonds. The van der Waals surface area contributed by atoms with Gasteiger partial charge < -0.3 is 4.57 Å². The number of para-hydroxylation sites is 2. The van der Waals surface area contributed by atoms with E-state index in [1.807, 2.05) is 0 Å². The van der Waals surface area contributed by atoms with Crippen LogP contribution in [0.25, 0.3) is 65.8 Å². The summed E-state index contributed by atoms with van der Waals surface area (Å²) in [4.78, 5) is 0. The Bertz CT molecular complexity index is 2490. The van der Waals surface area contributed by atoms with Crippen molar-refractivity contribution in [2.75, 3.05) is 0 Å². The van der Waals surface area contributed by atoms with Gasteiger partial charge in [0.2, 0.25) is 0 Å². The number of hydrogen-bond acceptors (Lipinski definition) is 0. The predicted octanol–water partition coefficient (Wildman–Crippen LogP) is 10.8. The minimum atomic E-state index is 1.24. The van der Waals surface area contributed by atoms with Crippen LogP contribution in [0.15, 0.2) is 152 Å². The Morgan fingerprint density at radius 3 is 1.44 bits per heavy atom. The van der Waals surface area contributed by atoms with Gasteiger partial charge in [0.1, 0.15) is 0 Å². The predicted molar refractivity (Wildman–Crippen MR) is 182 cm³/mol. The van der Waals surface area contributed by atoms with Crippen molar-refractivity contribution in [3.63, 3.8) is 0 Å². The molecule has 0 unspecified atom stereocenters. The molecule has 0 atom stereocenters. The molecule has 2 aliphatic carbocycles. The third-order valence-electron chi connectivity index (χ3n) is 9.49. The molecule has 0 saturated heterocycles. The number of benzene rings is 7. The lowest BCUT2D eigenvalue weighted by atomic mass is 9.90. The van der Waals surface area contributed by atoms with E-state index in [2.05, 4.69) is 156 Å². The molecule has 1 heterocycles. The van der Waals surface area contributed by atoms with Crippen molar-refractivity contribution in [3.05, 3.63) is 179 Å². The van der Waals surface area contributed by atoms with Crippen LogP contribution in [0.3, 0.4) is 0 Å². The molecule has 198 valence electrons. The maximum atomic E-state index is 2.55. The van der Waals surface area contributed by atoms with Gasteiger partial charge in [0.15, 0.2) is 0 Å². The highest BCUT2D eigenvalue weighted by Crippen LogP contribution is 2.60. The summed E-state index contributed by atoms with van der Waals surface area (Å²) in [6.07, 6.45) is 0. The topological polar surface area (TPSA) is 4.93 Å². The van der Waals surface area contributed by atoms with Gasteiger partial charge in [-0.2, -0.15) is 0 Å². The van der Waals surface area contributed by atoms with Crippen molar-refractivity contribution >= 4 is 65.8 Å². The van der Waals surface area contributed by atoms with Crippen LogP contribution in [-0.4, -0.2) is 4.57 Å². The number of rotatable bonds is 2. The second-order valence-corrected chi connectivity index (χ2v) is 11.6. The average molecular weight is 544 g/mol. The minimum absolute atomic E-state index is 1.24. The normalized spacial score (nSPS) is 13.9. The fourth-order valence-corrected chi connectivity index (χ4v) is 7.79. The zero-order valence-corrected chi connectivity index (χ0v) is 23.4. The molecule has 1 heteroatoms. The molecule has 0 fully saturated rings. The van der Waals surface area contributed by atoms with E-state index in [1.54, 1.807) is 0 Å². The summed E-state index contributed by atoms with van der Waals surface area (Å²) >= 11 is 0. The zero-order chi connectivity index (χ0) is 28.1. The van der Waals surface area contributed by atoms with Crippen LogP contribution in [0.5, 0.6) is 0 Å². The van der Waals surface area contributed by atoms with Crippen molar-refractivity contribution in [1.82, 2.24) is 4.57 Å². The highest BCUT2D eigenvalue weighted by Gasteiger charge is 2.40. The van der Waals surface area contributed by atoms with Crippen molar-refractivity contribution in [1.29, 1.82) is 0 Å². The van der Waals surface area contributed by atoms with E-state index in [0.717, 1.165) is 0 Å². The fraction of sp³-hybridized carbons (Fsp3) is 0. The summed E-state index contributed by atoms with van der Waals surface area (Å²) in [5.74, 6) is 0. The SMILES string of the molecule is c1ccc(C2=C3C(=C(n4c5ccccc5c5ccccc54)c4c3ccc3ccccc43)c3ccc4ccccc4c32)cc1. The minimum Gasteiger partial charge on any atom is -0.308 e. The molecule has 7 aromatic carbocycles. The van der Waals surface area contributed by atoms with Gasteiger partial charge in [-0.3, -0.25) is 0 Å². The van der Waals surface area contributed by atoms with Crippen molar-refractivity contribution in [3.8, 4) is 0 Å². The van der Waals surface area contributed by atoms with Crippen LogP contribution >= 0.6 is 0 Å². The van der Waals surface area contributed by atoms with Crippen LogP contribution in [0.2, 0.25) is 0 Å². The first kappa shape index (κ1) is 23.0. The monoisotopic (exact) mass is 543 g/mol. The molecular formula is C42H25N. The number of hydrogen-bond donors (Lipinski definition) is 0. The molecule has 0 spiro atoms. The van der Waals surface area contributed by atoms with Crippen LogP contribution in [0.4, 0.5) is 0 Å². The van der Waals surface area contributed by atoms with E-state index in [0.29, 0.717) is 0 Å². The van der Waals surface area contributed by atoms with E-state index in [4.69, 9.17) is 0 Å². The summed E-state index contributed by atoms with van der Waals surface area (Å²) in [6, 6.07) is 55.8. The molecule has 0 bridgehead atoms. The van der Waals surface area contributed by atoms with Crippen molar-refractivity contribution in [2.24, 2.45) is 0 Å². The first-order chi connectivity index (χ1) is 21.4. The summed E-state index contributed by atoms with van der Waals surface area (Å²) < 4.78 is 2.55. The van der Waals surface area contributed by atoms with Crippen LogP contribution in [0, 0.1) is 0 Å².